The number of hydrogen-bond donors (Lipinski definition) is 1. The summed E-state index contributed by atoms with van der Waals surface area (Å²) in [6.07, 6.45) is 48.5. The zero-order valence-electron chi connectivity index (χ0n) is 40.1. The molecule has 0 fully saturated rings. The van der Waals surface area contributed by atoms with Crippen LogP contribution in [0.2, 0.25) is 0 Å². The molecule has 0 aliphatic rings. The van der Waals surface area contributed by atoms with Gasteiger partial charge in [0.2, 0.25) is 0 Å². The van der Waals surface area contributed by atoms with Crippen molar-refractivity contribution in [1.82, 2.24) is 0 Å². The molecule has 0 saturated heterocycles. The Hall–Kier alpha value is -1.67. The third-order valence-corrected chi connectivity index (χ3v) is 11.8. The van der Waals surface area contributed by atoms with Crippen molar-refractivity contribution < 1.29 is 38.4 Å². The molecule has 8 heteroatoms. The van der Waals surface area contributed by atoms with Gasteiger partial charge in [0.1, 0.15) is 12.7 Å². The molecule has 8 nitrogen and oxygen atoms in total. The van der Waals surface area contributed by atoms with Crippen molar-refractivity contribution >= 4 is 17.9 Å². The normalized spacial score (nSPS) is 12.4. The predicted octanol–water partition coefficient (Wildman–Crippen LogP) is 15.0. The molecule has 2 atom stereocenters. The second-order valence-electron chi connectivity index (χ2n) is 18.0. The maximum Gasteiger partial charge on any atom is 0.306 e. The molecule has 0 aromatic rings. The first kappa shape index (κ1) is 58.3. The van der Waals surface area contributed by atoms with Gasteiger partial charge in [0.05, 0.1) is 19.8 Å². The molecule has 2 unspecified atom stereocenters. The first-order valence-electron chi connectivity index (χ1n) is 26.1. The van der Waals surface area contributed by atoms with Crippen LogP contribution in [-0.2, 0) is 33.3 Å². The molecule has 0 aliphatic heterocycles. The van der Waals surface area contributed by atoms with Crippen molar-refractivity contribution in [3.8, 4) is 0 Å². The van der Waals surface area contributed by atoms with Crippen molar-refractivity contribution in [2.75, 3.05) is 26.4 Å². The van der Waals surface area contributed by atoms with E-state index in [2.05, 4.69) is 13.8 Å². The predicted molar refractivity (Wildman–Crippen MR) is 250 cm³/mol. The number of carbonyl (C=O) groups excluding carboxylic acids is 3. The maximum absolute atomic E-state index is 12.6. The third kappa shape index (κ3) is 45.8. The summed E-state index contributed by atoms with van der Waals surface area (Å²) in [5.74, 6) is -1.15. The first-order chi connectivity index (χ1) is 29.4. The molecule has 0 aromatic heterocycles. The van der Waals surface area contributed by atoms with Gasteiger partial charge < -0.3 is 24.1 Å². The average molecular weight is 853 g/mol. The van der Waals surface area contributed by atoms with E-state index in [1.165, 1.54) is 212 Å². The van der Waals surface area contributed by atoms with Gasteiger partial charge in [-0.1, -0.05) is 245 Å². The molecule has 0 rings (SSSR count). The Morgan fingerprint density at radius 3 is 0.883 bits per heavy atom. The monoisotopic (exact) mass is 853 g/mol. The van der Waals surface area contributed by atoms with Gasteiger partial charge in [0, 0.05) is 19.8 Å². The Bertz CT molecular complexity index is 910. The van der Waals surface area contributed by atoms with Crippen LogP contribution in [0.25, 0.3) is 0 Å². The maximum atomic E-state index is 12.6. The van der Waals surface area contributed by atoms with Crippen LogP contribution in [0, 0.1) is 0 Å². The Balaban J connectivity index is 3.85. The number of rotatable bonds is 49. The molecular weight excluding hydrogens is 753 g/mol. The van der Waals surface area contributed by atoms with Crippen LogP contribution in [0.4, 0.5) is 0 Å². The minimum atomic E-state index is -0.799. The van der Waals surface area contributed by atoms with E-state index in [4.69, 9.17) is 18.9 Å². The summed E-state index contributed by atoms with van der Waals surface area (Å²) < 4.78 is 21.8. The Morgan fingerprint density at radius 1 is 0.367 bits per heavy atom. The highest BCUT2D eigenvalue weighted by Crippen LogP contribution is 2.17. The Labute approximate surface area is 371 Å². The fourth-order valence-corrected chi connectivity index (χ4v) is 7.97. The molecule has 0 bridgehead atoms. The number of aliphatic hydroxyl groups excluding tert-OH is 1. The van der Waals surface area contributed by atoms with Crippen LogP contribution in [0.5, 0.6) is 0 Å². The van der Waals surface area contributed by atoms with Gasteiger partial charge in [-0.3, -0.25) is 14.4 Å². The summed E-state index contributed by atoms with van der Waals surface area (Å²) in [7, 11) is 0. The smallest absolute Gasteiger partial charge is 0.306 e. The quantitative estimate of drug-likeness (QED) is 0.0366. The number of esters is 3. The van der Waals surface area contributed by atoms with E-state index in [1.54, 1.807) is 0 Å². The molecule has 356 valence electrons. The highest BCUT2D eigenvalue weighted by molar-refractivity contribution is 5.70. The lowest BCUT2D eigenvalue weighted by atomic mass is 10.0. The van der Waals surface area contributed by atoms with Gasteiger partial charge >= 0.3 is 17.9 Å². The molecule has 0 aliphatic carbocycles. The molecule has 1 N–H and O–H groups in total. The van der Waals surface area contributed by atoms with Crippen molar-refractivity contribution in [1.29, 1.82) is 0 Å². The minimum absolute atomic E-state index is 0.0222. The van der Waals surface area contributed by atoms with Gasteiger partial charge in [-0.15, -0.1) is 0 Å². The number of hydrogen-bond acceptors (Lipinski definition) is 8. The number of carbonyl (C=O) groups is 3. The highest BCUT2D eigenvalue weighted by Gasteiger charge is 2.19. The van der Waals surface area contributed by atoms with Crippen LogP contribution >= 0.6 is 0 Å². The summed E-state index contributed by atoms with van der Waals surface area (Å²) in [4.78, 5) is 36.4. The second-order valence-corrected chi connectivity index (χ2v) is 18.0. The van der Waals surface area contributed by atoms with Gasteiger partial charge in [-0.25, -0.2) is 0 Å². The summed E-state index contributed by atoms with van der Waals surface area (Å²) in [5.41, 5.74) is 0. The fourth-order valence-electron chi connectivity index (χ4n) is 7.97. The topological polar surface area (TPSA) is 108 Å². The van der Waals surface area contributed by atoms with E-state index in [1.807, 2.05) is 0 Å². The second kappa shape index (κ2) is 48.4. The molecular formula is C52H100O8. The lowest BCUT2D eigenvalue weighted by Crippen LogP contribution is -2.33. The van der Waals surface area contributed by atoms with Crippen molar-refractivity contribution in [3.05, 3.63) is 0 Å². The summed E-state index contributed by atoms with van der Waals surface area (Å²) in [6.45, 7) is 5.34. The molecule has 0 saturated carbocycles. The lowest BCUT2D eigenvalue weighted by molar-refractivity contribution is -0.165. The number of unbranched alkanes of at least 4 members (excludes halogenated alkanes) is 36. The molecule has 0 heterocycles. The van der Waals surface area contributed by atoms with Gasteiger partial charge in [0.25, 0.3) is 0 Å². The van der Waals surface area contributed by atoms with Gasteiger partial charge in [-0.05, 0) is 12.8 Å². The zero-order valence-corrected chi connectivity index (χ0v) is 40.1. The molecule has 0 spiro atoms. The van der Waals surface area contributed by atoms with Crippen LogP contribution in [-0.4, -0.2) is 61.6 Å². The van der Waals surface area contributed by atoms with Crippen LogP contribution < -0.4 is 0 Å². The Morgan fingerprint density at radius 2 is 0.617 bits per heavy atom. The van der Waals surface area contributed by atoms with Gasteiger partial charge in [0.15, 0.2) is 6.10 Å². The zero-order chi connectivity index (χ0) is 43.8. The summed E-state index contributed by atoms with van der Waals surface area (Å²) in [5, 5.41) is 9.77. The molecule has 0 amide bonds. The Kier molecular flexibility index (Phi) is 47.0. The van der Waals surface area contributed by atoms with E-state index in [0.29, 0.717) is 12.8 Å². The molecule has 60 heavy (non-hydrogen) atoms. The lowest BCUT2D eigenvalue weighted by Gasteiger charge is -2.20. The van der Waals surface area contributed by atoms with Crippen molar-refractivity contribution in [2.24, 2.45) is 0 Å². The fraction of sp³-hybridized carbons (Fsp3) is 0.942. The average Bonchev–Trinajstić information content (AvgIpc) is 3.23. The van der Waals surface area contributed by atoms with Crippen LogP contribution in [0.1, 0.15) is 278 Å². The summed E-state index contributed by atoms with van der Waals surface area (Å²) in [6, 6.07) is 0. The SMILES string of the molecule is CCCCCCCCCCCCCCCCCCCCCC(=O)OC(CO)COCC(COC(C)=O)OC(=O)CCCCCCCCCCCCCCCCCCCCC. The summed E-state index contributed by atoms with van der Waals surface area (Å²) >= 11 is 0. The number of aliphatic hydroxyl groups is 1. The van der Waals surface area contributed by atoms with Gasteiger partial charge in [-0.2, -0.15) is 0 Å². The molecule has 0 radical (unpaired) electrons. The first-order valence-corrected chi connectivity index (χ1v) is 26.1. The largest absolute Gasteiger partial charge is 0.462 e. The van der Waals surface area contributed by atoms with E-state index < -0.39 is 18.2 Å². The van der Waals surface area contributed by atoms with Crippen molar-refractivity contribution in [3.63, 3.8) is 0 Å². The minimum Gasteiger partial charge on any atom is -0.462 e. The third-order valence-electron chi connectivity index (χ3n) is 11.8. The standard InChI is InChI=1S/C52H100O8/c1-4-6-8-10-12-14-16-18-20-22-24-26-28-30-32-34-36-38-40-42-51(55)59-49(44-53)45-57-46-50(47-58-48(3)54)60-52(56)43-41-39-37-35-33-31-29-27-25-23-21-19-17-15-13-11-9-7-5-2/h49-50,53H,4-47H2,1-3H3. The van der Waals surface area contributed by atoms with E-state index in [0.717, 1.165) is 38.5 Å². The van der Waals surface area contributed by atoms with Crippen LogP contribution in [0.15, 0.2) is 0 Å². The van der Waals surface area contributed by atoms with E-state index in [9.17, 15) is 19.5 Å². The van der Waals surface area contributed by atoms with E-state index in [-0.39, 0.29) is 38.4 Å². The number of ether oxygens (including phenoxy) is 4. The highest BCUT2D eigenvalue weighted by atomic mass is 16.6. The van der Waals surface area contributed by atoms with E-state index >= 15 is 0 Å². The van der Waals surface area contributed by atoms with Crippen molar-refractivity contribution in [2.45, 2.75) is 290 Å². The molecule has 0 aromatic carbocycles. The van der Waals surface area contributed by atoms with Crippen LogP contribution in [0.3, 0.4) is 0 Å².